The maximum atomic E-state index is 7.86. The molecule has 22 heavy (non-hydrogen) atoms. The van der Waals surface area contributed by atoms with E-state index in [0.717, 1.165) is 0 Å². The van der Waals surface area contributed by atoms with Gasteiger partial charge in [0.1, 0.15) is 0 Å². The summed E-state index contributed by atoms with van der Waals surface area (Å²) in [5, 5.41) is 15.7. The molecule has 0 rings (SSSR count). The fourth-order valence-electron chi connectivity index (χ4n) is 0.363. The van der Waals surface area contributed by atoms with Gasteiger partial charge in [0, 0.05) is 40.8 Å². The quantitative estimate of drug-likeness (QED) is 0.213. The summed E-state index contributed by atoms with van der Waals surface area (Å²) in [6.07, 6.45) is -1.43. The van der Waals surface area contributed by atoms with Crippen LogP contribution in [0.4, 0.5) is 0 Å². The van der Waals surface area contributed by atoms with Crippen molar-refractivity contribution in [1.29, 1.82) is 0 Å². The molecule has 0 aromatic carbocycles. The second-order valence-corrected chi connectivity index (χ2v) is 2.35. The Balaban J connectivity index is -0.0000000233. The summed E-state index contributed by atoms with van der Waals surface area (Å²) < 4.78 is 0. The van der Waals surface area contributed by atoms with Crippen LogP contribution in [-0.2, 0) is 70.2 Å². The minimum Gasteiger partial charge on any atom is -0.249 e. The number of hydrogen-bond donors (Lipinski definition) is 2. The standard InChI is InChI=1S/2C4H10O4.4CH4.2Pd/c2*1-3-6-8-4(2)7-5;;;;;;/h2*4-5H,3H2,1-2H3;4*1H4;;. The summed E-state index contributed by atoms with van der Waals surface area (Å²) in [6.45, 7) is 7.43. The van der Waals surface area contributed by atoms with E-state index in [-0.39, 0.29) is 70.6 Å². The molecular formula is C12H36O8Pd2. The fourth-order valence-corrected chi connectivity index (χ4v) is 0.363. The minimum atomic E-state index is -0.713. The molecule has 0 spiro atoms. The molecular weight excluding hydrogens is 485 g/mol. The smallest absolute Gasteiger partial charge is 0.221 e. The van der Waals surface area contributed by atoms with Gasteiger partial charge in [-0.15, -0.1) is 0 Å². The van der Waals surface area contributed by atoms with Crippen molar-refractivity contribution in [3.05, 3.63) is 0 Å². The van der Waals surface area contributed by atoms with Gasteiger partial charge in [0.15, 0.2) is 0 Å². The predicted octanol–water partition coefficient (Wildman–Crippen LogP) is 4.12. The van der Waals surface area contributed by atoms with Gasteiger partial charge in [0.05, 0.1) is 13.2 Å². The molecule has 0 amide bonds. The van der Waals surface area contributed by atoms with E-state index in [4.69, 9.17) is 10.5 Å². The Morgan fingerprint density at radius 2 is 0.909 bits per heavy atom. The predicted molar refractivity (Wildman–Crippen MR) is 78.7 cm³/mol. The minimum absolute atomic E-state index is 0. The van der Waals surface area contributed by atoms with Crippen LogP contribution in [0.25, 0.3) is 0 Å². The average Bonchev–Trinajstić information content (AvgIpc) is 2.33. The van der Waals surface area contributed by atoms with E-state index in [2.05, 4.69) is 29.3 Å². The van der Waals surface area contributed by atoms with Gasteiger partial charge < -0.3 is 0 Å². The fraction of sp³-hybridized carbons (Fsp3) is 1.00. The molecule has 10 heteroatoms. The molecule has 0 saturated carbocycles. The second kappa shape index (κ2) is 43.1. The maximum absolute atomic E-state index is 7.86. The summed E-state index contributed by atoms with van der Waals surface area (Å²) in [6, 6.07) is 0. The summed E-state index contributed by atoms with van der Waals surface area (Å²) in [4.78, 5) is 24.9. The van der Waals surface area contributed by atoms with Crippen LogP contribution < -0.4 is 0 Å². The van der Waals surface area contributed by atoms with Crippen LogP contribution in [0.1, 0.15) is 57.4 Å². The molecule has 8 nitrogen and oxygen atoms in total. The van der Waals surface area contributed by atoms with E-state index in [1.807, 2.05) is 0 Å². The largest absolute Gasteiger partial charge is 0.249 e. The van der Waals surface area contributed by atoms with Crippen LogP contribution >= 0.6 is 0 Å². The van der Waals surface area contributed by atoms with E-state index >= 15 is 0 Å². The van der Waals surface area contributed by atoms with Crippen molar-refractivity contribution in [2.75, 3.05) is 13.2 Å². The zero-order valence-corrected chi connectivity index (χ0v) is 13.7. The Labute approximate surface area is 163 Å². The molecule has 0 bridgehead atoms. The first-order chi connectivity index (χ1) is 7.62. The molecule has 2 atom stereocenters. The van der Waals surface area contributed by atoms with Crippen LogP contribution in [0, 0.1) is 0 Å². The molecule has 0 fully saturated rings. The summed E-state index contributed by atoms with van der Waals surface area (Å²) in [5.41, 5.74) is 0. The van der Waals surface area contributed by atoms with E-state index in [9.17, 15) is 0 Å². The summed E-state index contributed by atoms with van der Waals surface area (Å²) >= 11 is 0. The first-order valence-electron chi connectivity index (χ1n) is 4.79. The number of rotatable bonds is 8. The zero-order chi connectivity index (χ0) is 12.8. The Bertz CT molecular complexity index is 122. The third-order valence-electron chi connectivity index (χ3n) is 0.940. The monoisotopic (exact) mass is 520 g/mol. The normalized spacial score (nSPS) is 10.1. The molecule has 0 aliphatic heterocycles. The van der Waals surface area contributed by atoms with E-state index in [1.54, 1.807) is 13.8 Å². The first-order valence-corrected chi connectivity index (χ1v) is 4.79. The molecule has 2 N–H and O–H groups in total. The molecule has 2 unspecified atom stereocenters. The number of hydrogen-bond acceptors (Lipinski definition) is 8. The van der Waals surface area contributed by atoms with Crippen molar-refractivity contribution in [2.45, 2.75) is 70.0 Å². The Kier molecular flexibility index (Phi) is 97.0. The molecule has 152 valence electrons. The van der Waals surface area contributed by atoms with Gasteiger partial charge in [0.2, 0.25) is 12.6 Å². The van der Waals surface area contributed by atoms with Gasteiger partial charge in [-0.2, -0.15) is 0 Å². The molecule has 0 saturated heterocycles. The van der Waals surface area contributed by atoms with Crippen molar-refractivity contribution >= 4 is 0 Å². The molecule has 0 radical (unpaired) electrons. The van der Waals surface area contributed by atoms with Gasteiger partial charge in [-0.1, -0.05) is 29.7 Å². The third kappa shape index (κ3) is 49.7. The summed E-state index contributed by atoms with van der Waals surface area (Å²) in [5.74, 6) is 0. The van der Waals surface area contributed by atoms with Crippen molar-refractivity contribution < 1.29 is 80.7 Å². The Hall–Kier alpha value is 1.00. The zero-order valence-electron chi connectivity index (χ0n) is 10.5. The van der Waals surface area contributed by atoms with Gasteiger partial charge in [-0.05, 0) is 27.7 Å². The Morgan fingerprint density at radius 3 is 1.05 bits per heavy atom. The van der Waals surface area contributed by atoms with Crippen LogP contribution in [0.5, 0.6) is 0 Å². The maximum Gasteiger partial charge on any atom is 0.221 e. The SMILES string of the molecule is C.C.C.C.CCOOC(C)OO.CCOOC(C)OO.[Pd].[Pd]. The van der Waals surface area contributed by atoms with E-state index in [0.29, 0.717) is 13.2 Å². The molecule has 0 aliphatic carbocycles. The molecule has 0 heterocycles. The van der Waals surface area contributed by atoms with Crippen LogP contribution in [0.2, 0.25) is 0 Å². The van der Waals surface area contributed by atoms with Crippen molar-refractivity contribution in [2.24, 2.45) is 0 Å². The van der Waals surface area contributed by atoms with Gasteiger partial charge in [0.25, 0.3) is 0 Å². The Morgan fingerprint density at radius 1 is 0.682 bits per heavy atom. The van der Waals surface area contributed by atoms with Crippen LogP contribution in [-0.4, -0.2) is 36.3 Å². The van der Waals surface area contributed by atoms with Gasteiger partial charge in [-0.25, -0.2) is 39.8 Å². The third-order valence-corrected chi connectivity index (χ3v) is 0.940. The van der Waals surface area contributed by atoms with Crippen LogP contribution in [0.3, 0.4) is 0 Å². The van der Waals surface area contributed by atoms with E-state index < -0.39 is 12.6 Å². The average molecular weight is 521 g/mol. The molecule has 0 aliphatic rings. The van der Waals surface area contributed by atoms with Gasteiger partial charge >= 0.3 is 0 Å². The summed E-state index contributed by atoms with van der Waals surface area (Å²) in [7, 11) is 0. The molecule has 0 aromatic rings. The van der Waals surface area contributed by atoms with E-state index in [1.165, 1.54) is 13.8 Å². The molecule has 0 aromatic heterocycles. The van der Waals surface area contributed by atoms with Crippen LogP contribution in [0.15, 0.2) is 0 Å². The topological polar surface area (TPSA) is 95.8 Å². The second-order valence-electron chi connectivity index (χ2n) is 2.35. The first kappa shape index (κ1) is 49.5. The van der Waals surface area contributed by atoms with Gasteiger partial charge in [-0.3, -0.25) is 0 Å². The van der Waals surface area contributed by atoms with Crippen molar-refractivity contribution in [3.8, 4) is 0 Å². The van der Waals surface area contributed by atoms with Crippen molar-refractivity contribution in [3.63, 3.8) is 0 Å². The van der Waals surface area contributed by atoms with Crippen molar-refractivity contribution in [1.82, 2.24) is 0 Å².